The van der Waals surface area contributed by atoms with E-state index in [1.54, 1.807) is 6.07 Å². The summed E-state index contributed by atoms with van der Waals surface area (Å²) in [6, 6.07) is 1.65. The van der Waals surface area contributed by atoms with Gasteiger partial charge in [0.15, 0.2) is 11.5 Å². The normalized spacial score (nSPS) is 11.1. The number of carbonyl (C=O) groups is 1. The summed E-state index contributed by atoms with van der Waals surface area (Å²) < 4.78 is 4.69. The van der Waals surface area contributed by atoms with Crippen molar-refractivity contribution in [2.24, 2.45) is 0 Å². The molecule has 0 aliphatic heterocycles. The van der Waals surface area contributed by atoms with E-state index in [0.717, 1.165) is 0 Å². The van der Waals surface area contributed by atoms with Gasteiger partial charge in [-0.05, 0) is 17.9 Å². The first-order valence-corrected chi connectivity index (χ1v) is 6.09. The van der Waals surface area contributed by atoms with Crippen molar-refractivity contribution in [1.29, 1.82) is 0 Å². The van der Waals surface area contributed by atoms with Crippen LogP contribution in [0.5, 0.6) is 11.5 Å². The Hall–Kier alpha value is -1.42. The van der Waals surface area contributed by atoms with Gasteiger partial charge in [0.25, 0.3) is 0 Å². The smallest absolute Gasteiger partial charge is 0.504 e. The van der Waals surface area contributed by atoms with Crippen molar-refractivity contribution in [3.63, 3.8) is 0 Å². The Bertz CT molecular complexity index is 467. The second kappa shape index (κ2) is 5.48. The van der Waals surface area contributed by atoms with Crippen molar-refractivity contribution in [2.75, 3.05) is 0 Å². The highest BCUT2D eigenvalue weighted by Gasteiger charge is 2.23. The molecule has 0 unspecified atom stereocenters. The first-order chi connectivity index (χ1) is 8.25. The van der Waals surface area contributed by atoms with Gasteiger partial charge in [-0.2, -0.15) is 0 Å². The number of hydrogen-bond acceptors (Lipinski definition) is 3. The number of hydrogen-bond donors (Lipinski definition) is 2. The molecule has 0 radical (unpaired) electrons. The highest BCUT2D eigenvalue weighted by Crippen LogP contribution is 2.44. The van der Waals surface area contributed by atoms with Crippen LogP contribution in [-0.2, 0) is 0 Å². The van der Waals surface area contributed by atoms with Gasteiger partial charge in [0, 0.05) is 16.1 Å². The fourth-order valence-electron chi connectivity index (χ4n) is 1.82. The van der Waals surface area contributed by atoms with E-state index in [2.05, 4.69) is 0 Å². The minimum Gasteiger partial charge on any atom is -0.504 e. The van der Waals surface area contributed by atoms with Crippen molar-refractivity contribution in [2.45, 2.75) is 39.5 Å². The molecule has 2 N–H and O–H groups in total. The molecule has 4 nitrogen and oxygen atoms in total. The van der Waals surface area contributed by atoms with Crippen molar-refractivity contribution in [1.82, 2.24) is 0 Å². The maximum atomic E-state index is 10.7. The van der Waals surface area contributed by atoms with E-state index >= 15 is 0 Å². The number of aromatic hydroxyl groups is 1. The molecule has 1 rings (SSSR count). The van der Waals surface area contributed by atoms with Gasteiger partial charge in [0.2, 0.25) is 0 Å². The minimum atomic E-state index is -1.45. The molecule has 0 saturated heterocycles. The molecule has 0 spiro atoms. The minimum absolute atomic E-state index is 0.0102. The maximum Gasteiger partial charge on any atom is 0.511 e. The Balaban J connectivity index is 3.51. The number of phenols is 1. The predicted molar refractivity (Wildman–Crippen MR) is 69.9 cm³/mol. The molecule has 0 aliphatic carbocycles. The molecule has 0 aromatic heterocycles. The number of carboxylic acid groups (broad SMARTS) is 1. The average Bonchev–Trinajstić information content (AvgIpc) is 2.20. The van der Waals surface area contributed by atoms with Gasteiger partial charge in [-0.3, -0.25) is 0 Å². The van der Waals surface area contributed by atoms with E-state index in [9.17, 15) is 9.90 Å². The average molecular weight is 273 g/mol. The van der Waals surface area contributed by atoms with Gasteiger partial charge in [-0.15, -0.1) is 0 Å². The third kappa shape index (κ3) is 2.88. The third-order valence-electron chi connectivity index (χ3n) is 2.66. The number of ether oxygens (including phenoxy) is 1. The van der Waals surface area contributed by atoms with Gasteiger partial charge in [-0.1, -0.05) is 39.3 Å². The SMILES string of the molecule is CC(C)c1cc(Cl)c(C(C)C)c(O)c1OC(=O)O. The molecule has 0 aliphatic rings. The molecule has 0 fully saturated rings. The second-order valence-corrected chi connectivity index (χ2v) is 5.12. The van der Waals surface area contributed by atoms with Gasteiger partial charge < -0.3 is 14.9 Å². The van der Waals surface area contributed by atoms with E-state index in [1.165, 1.54) is 0 Å². The van der Waals surface area contributed by atoms with Crippen LogP contribution in [0, 0.1) is 0 Å². The van der Waals surface area contributed by atoms with Crippen LogP contribution in [0.25, 0.3) is 0 Å². The number of phenolic OH excluding ortho intramolecular Hbond substituents is 1. The summed E-state index contributed by atoms with van der Waals surface area (Å²) in [5, 5.41) is 19.3. The lowest BCUT2D eigenvalue weighted by atomic mass is 9.94. The van der Waals surface area contributed by atoms with E-state index in [1.807, 2.05) is 27.7 Å². The summed E-state index contributed by atoms with van der Waals surface area (Å²) >= 11 is 6.12. The summed E-state index contributed by atoms with van der Waals surface area (Å²) in [5.41, 5.74) is 1.07. The van der Waals surface area contributed by atoms with Crippen LogP contribution >= 0.6 is 11.6 Å². The van der Waals surface area contributed by atoms with Crippen molar-refractivity contribution >= 4 is 17.8 Å². The lowest BCUT2D eigenvalue weighted by molar-refractivity contribution is 0.142. The van der Waals surface area contributed by atoms with E-state index in [-0.39, 0.29) is 23.3 Å². The topological polar surface area (TPSA) is 66.8 Å². The first-order valence-electron chi connectivity index (χ1n) is 5.71. The Morgan fingerprint density at radius 2 is 1.83 bits per heavy atom. The standard InChI is InChI=1S/C13H17ClO4/c1-6(2)8-5-9(14)10(7(3)4)11(15)12(8)18-13(16)17/h5-7,15H,1-4H3,(H,16,17). The molecule has 0 saturated carbocycles. The molecule has 1 aromatic carbocycles. The fraction of sp³-hybridized carbons (Fsp3) is 0.462. The van der Waals surface area contributed by atoms with Crippen LogP contribution < -0.4 is 4.74 Å². The summed E-state index contributed by atoms with van der Waals surface area (Å²) in [5.74, 6) is -0.256. The van der Waals surface area contributed by atoms with Crippen LogP contribution in [0.15, 0.2) is 6.07 Å². The van der Waals surface area contributed by atoms with Gasteiger partial charge in [0.05, 0.1) is 0 Å². The number of halogens is 1. The Morgan fingerprint density at radius 3 is 2.22 bits per heavy atom. The zero-order valence-corrected chi connectivity index (χ0v) is 11.6. The molecule has 0 bridgehead atoms. The van der Waals surface area contributed by atoms with E-state index < -0.39 is 6.16 Å². The van der Waals surface area contributed by atoms with Crippen LogP contribution in [0.3, 0.4) is 0 Å². The van der Waals surface area contributed by atoms with Crippen LogP contribution in [0.2, 0.25) is 5.02 Å². The fourth-order valence-corrected chi connectivity index (χ4v) is 2.25. The molecule has 5 heteroatoms. The highest BCUT2D eigenvalue weighted by molar-refractivity contribution is 6.31. The molecule has 100 valence electrons. The van der Waals surface area contributed by atoms with Gasteiger partial charge in [-0.25, -0.2) is 4.79 Å². The molecule has 18 heavy (non-hydrogen) atoms. The summed E-state index contributed by atoms with van der Waals surface area (Å²) in [4.78, 5) is 10.7. The van der Waals surface area contributed by atoms with Crippen molar-refractivity contribution in [3.05, 3.63) is 22.2 Å². The molecule has 1 aromatic rings. The molecule has 0 atom stereocenters. The van der Waals surface area contributed by atoms with E-state index in [4.69, 9.17) is 21.4 Å². The lowest BCUT2D eigenvalue weighted by Crippen LogP contribution is -2.08. The van der Waals surface area contributed by atoms with E-state index in [0.29, 0.717) is 16.1 Å². The largest absolute Gasteiger partial charge is 0.511 e. The summed E-state index contributed by atoms with van der Waals surface area (Å²) in [6.45, 7) is 7.46. The monoisotopic (exact) mass is 272 g/mol. The zero-order chi connectivity index (χ0) is 14.0. The zero-order valence-electron chi connectivity index (χ0n) is 10.8. The maximum absolute atomic E-state index is 10.7. The molecule has 0 heterocycles. The quantitative estimate of drug-likeness (QED) is 0.634. The number of benzene rings is 1. The Kier molecular flexibility index (Phi) is 4.46. The lowest BCUT2D eigenvalue weighted by Gasteiger charge is -2.18. The summed E-state index contributed by atoms with van der Waals surface area (Å²) in [6.07, 6.45) is -1.45. The second-order valence-electron chi connectivity index (χ2n) is 4.72. The molecule has 0 amide bonds. The predicted octanol–water partition coefficient (Wildman–Crippen LogP) is 4.35. The van der Waals surface area contributed by atoms with Crippen molar-refractivity contribution in [3.8, 4) is 11.5 Å². The van der Waals surface area contributed by atoms with Crippen LogP contribution in [-0.4, -0.2) is 16.4 Å². The van der Waals surface area contributed by atoms with Crippen molar-refractivity contribution < 1.29 is 19.7 Å². The van der Waals surface area contributed by atoms with Crippen LogP contribution in [0.1, 0.15) is 50.7 Å². The highest BCUT2D eigenvalue weighted by atomic mass is 35.5. The third-order valence-corrected chi connectivity index (χ3v) is 2.97. The Morgan fingerprint density at radius 1 is 1.28 bits per heavy atom. The van der Waals surface area contributed by atoms with Crippen LogP contribution in [0.4, 0.5) is 4.79 Å². The molecular formula is C13H17ClO4. The van der Waals surface area contributed by atoms with Gasteiger partial charge in [0.1, 0.15) is 0 Å². The summed E-state index contributed by atoms with van der Waals surface area (Å²) in [7, 11) is 0. The first kappa shape index (κ1) is 14.6. The van der Waals surface area contributed by atoms with Gasteiger partial charge >= 0.3 is 6.16 Å². The Labute approximate surface area is 111 Å². The molecular weight excluding hydrogens is 256 g/mol. The number of rotatable bonds is 3.